The molecular weight excluding hydrogens is 288 g/mol. The molecular formula is C10H14N4O5S. The number of primary amides is 1. The van der Waals surface area contributed by atoms with E-state index in [2.05, 4.69) is 10.0 Å². The van der Waals surface area contributed by atoms with Crippen LogP contribution in [0.15, 0.2) is 23.1 Å². The number of nitrogens with one attached hydrogen (secondary N) is 2. The second-order valence-corrected chi connectivity index (χ2v) is 5.54. The number of benzene rings is 1. The molecule has 1 rings (SSSR count). The minimum Gasteiger partial charge on any atom is -0.387 e. The number of amides is 1. The summed E-state index contributed by atoms with van der Waals surface area (Å²) in [5, 5.41) is 13.2. The number of rotatable bonds is 7. The highest BCUT2D eigenvalue weighted by molar-refractivity contribution is 7.89. The van der Waals surface area contributed by atoms with Gasteiger partial charge in [0.25, 0.3) is 5.69 Å². The average Bonchev–Trinajstić information content (AvgIpc) is 2.37. The van der Waals surface area contributed by atoms with Crippen LogP contribution >= 0.6 is 0 Å². The first-order chi connectivity index (χ1) is 9.27. The lowest BCUT2D eigenvalue weighted by atomic mass is 10.3. The normalized spacial score (nSPS) is 11.1. The second-order valence-electron chi connectivity index (χ2n) is 3.80. The van der Waals surface area contributed by atoms with E-state index in [-0.39, 0.29) is 29.2 Å². The van der Waals surface area contributed by atoms with Crippen molar-refractivity contribution in [2.75, 3.05) is 18.9 Å². The number of carbonyl (C=O) groups is 1. The Bertz CT molecular complexity index is 629. The number of hydrogen-bond acceptors (Lipinski definition) is 6. The number of sulfonamides is 1. The van der Waals surface area contributed by atoms with E-state index >= 15 is 0 Å². The summed E-state index contributed by atoms with van der Waals surface area (Å²) in [5.41, 5.74) is 4.77. The Morgan fingerprint density at radius 3 is 2.60 bits per heavy atom. The first-order valence-corrected chi connectivity index (χ1v) is 7.00. The van der Waals surface area contributed by atoms with Gasteiger partial charge >= 0.3 is 0 Å². The zero-order valence-corrected chi connectivity index (χ0v) is 11.4. The van der Waals surface area contributed by atoms with Gasteiger partial charge in [-0.2, -0.15) is 0 Å². The van der Waals surface area contributed by atoms with Gasteiger partial charge in [-0.25, -0.2) is 13.1 Å². The molecule has 1 amide bonds. The molecule has 0 aliphatic rings. The molecule has 0 atom stereocenters. The molecule has 1 aromatic carbocycles. The van der Waals surface area contributed by atoms with E-state index in [1.165, 1.54) is 7.05 Å². The van der Waals surface area contributed by atoms with Crippen molar-refractivity contribution in [1.82, 2.24) is 4.72 Å². The van der Waals surface area contributed by atoms with E-state index in [0.717, 1.165) is 18.2 Å². The van der Waals surface area contributed by atoms with Crippen LogP contribution in [0.4, 0.5) is 11.4 Å². The minimum absolute atomic E-state index is 0.0887. The molecule has 10 heteroatoms. The number of anilines is 1. The van der Waals surface area contributed by atoms with Crippen molar-refractivity contribution in [3.8, 4) is 0 Å². The SMILES string of the molecule is CNc1cc([N+](=O)[O-])ccc1S(=O)(=O)NCCC(N)=O. The number of hydrogen-bond donors (Lipinski definition) is 3. The Balaban J connectivity index is 3.05. The first kappa shape index (κ1) is 15.9. The number of nitrogens with zero attached hydrogens (tertiary/aromatic N) is 1. The summed E-state index contributed by atoms with van der Waals surface area (Å²) in [5.74, 6) is -0.634. The van der Waals surface area contributed by atoms with Crippen LogP contribution in [0.3, 0.4) is 0 Å². The molecule has 0 radical (unpaired) electrons. The molecule has 20 heavy (non-hydrogen) atoms. The third-order valence-corrected chi connectivity index (χ3v) is 3.92. The summed E-state index contributed by atoms with van der Waals surface area (Å²) >= 11 is 0. The van der Waals surface area contributed by atoms with Crippen molar-refractivity contribution in [2.45, 2.75) is 11.3 Å². The summed E-state index contributed by atoms with van der Waals surface area (Å²) in [6.07, 6.45) is -0.138. The van der Waals surface area contributed by atoms with Crippen molar-refractivity contribution in [1.29, 1.82) is 0 Å². The molecule has 0 saturated heterocycles. The Morgan fingerprint density at radius 2 is 2.10 bits per heavy atom. The fraction of sp³-hybridized carbons (Fsp3) is 0.300. The van der Waals surface area contributed by atoms with Crippen LogP contribution in [0.1, 0.15) is 6.42 Å². The maximum atomic E-state index is 12.0. The zero-order chi connectivity index (χ0) is 15.3. The highest BCUT2D eigenvalue weighted by atomic mass is 32.2. The molecule has 0 saturated carbocycles. The maximum absolute atomic E-state index is 12.0. The number of carbonyl (C=O) groups excluding carboxylic acids is 1. The van der Waals surface area contributed by atoms with E-state index in [1.807, 2.05) is 0 Å². The summed E-state index contributed by atoms with van der Waals surface area (Å²) < 4.78 is 26.2. The van der Waals surface area contributed by atoms with E-state index in [0.29, 0.717) is 0 Å². The highest BCUT2D eigenvalue weighted by Crippen LogP contribution is 2.25. The summed E-state index contributed by atoms with van der Waals surface area (Å²) in [6.45, 7) is -0.141. The van der Waals surface area contributed by atoms with Gasteiger partial charge in [-0.05, 0) is 6.07 Å². The molecule has 0 aromatic heterocycles. The van der Waals surface area contributed by atoms with Crippen molar-refractivity contribution in [3.05, 3.63) is 28.3 Å². The van der Waals surface area contributed by atoms with Crippen LogP contribution in [-0.4, -0.2) is 32.8 Å². The number of non-ortho nitro benzene ring substituents is 1. The highest BCUT2D eigenvalue weighted by Gasteiger charge is 2.20. The molecule has 0 bridgehead atoms. The van der Waals surface area contributed by atoms with E-state index in [4.69, 9.17) is 5.73 Å². The third-order valence-electron chi connectivity index (χ3n) is 2.40. The second kappa shape index (κ2) is 6.30. The van der Waals surface area contributed by atoms with Crippen LogP contribution < -0.4 is 15.8 Å². The number of nitro benzene ring substituents is 1. The quantitative estimate of drug-likeness (QED) is 0.469. The molecule has 0 spiro atoms. The molecule has 0 unspecified atom stereocenters. The topological polar surface area (TPSA) is 144 Å². The Hall–Kier alpha value is -2.20. The monoisotopic (exact) mass is 302 g/mol. The van der Waals surface area contributed by atoms with Gasteiger partial charge in [0, 0.05) is 32.1 Å². The zero-order valence-electron chi connectivity index (χ0n) is 10.6. The van der Waals surface area contributed by atoms with Gasteiger partial charge < -0.3 is 11.1 Å². The molecule has 0 fully saturated rings. The van der Waals surface area contributed by atoms with Gasteiger partial charge in [0.15, 0.2) is 0 Å². The summed E-state index contributed by atoms with van der Waals surface area (Å²) in [4.78, 5) is 20.4. The van der Waals surface area contributed by atoms with Gasteiger partial charge in [0.1, 0.15) is 4.90 Å². The van der Waals surface area contributed by atoms with Crippen LogP contribution in [0.2, 0.25) is 0 Å². The smallest absolute Gasteiger partial charge is 0.271 e. The average molecular weight is 302 g/mol. The minimum atomic E-state index is -3.88. The van der Waals surface area contributed by atoms with Crippen molar-refractivity contribution in [2.24, 2.45) is 5.73 Å². The van der Waals surface area contributed by atoms with Crippen LogP contribution in [-0.2, 0) is 14.8 Å². The number of nitrogens with two attached hydrogens (primary N) is 1. The lowest BCUT2D eigenvalue weighted by Gasteiger charge is -2.10. The lowest BCUT2D eigenvalue weighted by molar-refractivity contribution is -0.384. The molecule has 4 N–H and O–H groups in total. The molecule has 0 aliphatic carbocycles. The Labute approximate surface area is 115 Å². The fourth-order valence-electron chi connectivity index (χ4n) is 1.45. The van der Waals surface area contributed by atoms with E-state index < -0.39 is 20.9 Å². The van der Waals surface area contributed by atoms with Crippen molar-refractivity contribution < 1.29 is 18.1 Å². The predicted octanol–water partition coefficient (Wildman–Crippen LogP) is -0.210. The summed E-state index contributed by atoms with van der Waals surface area (Å²) in [7, 11) is -2.44. The summed E-state index contributed by atoms with van der Waals surface area (Å²) in [6, 6.07) is 3.32. The third kappa shape index (κ3) is 3.90. The fourth-order valence-corrected chi connectivity index (χ4v) is 2.67. The van der Waals surface area contributed by atoms with Gasteiger partial charge in [0.05, 0.1) is 10.6 Å². The van der Waals surface area contributed by atoms with Gasteiger partial charge in [0.2, 0.25) is 15.9 Å². The predicted molar refractivity (Wildman–Crippen MR) is 71.6 cm³/mol. The van der Waals surface area contributed by atoms with Crippen LogP contribution in [0.5, 0.6) is 0 Å². The van der Waals surface area contributed by atoms with Gasteiger partial charge in [-0.3, -0.25) is 14.9 Å². The maximum Gasteiger partial charge on any atom is 0.271 e. The van der Waals surface area contributed by atoms with Crippen molar-refractivity contribution >= 4 is 27.3 Å². The molecule has 0 aliphatic heterocycles. The molecule has 9 nitrogen and oxygen atoms in total. The van der Waals surface area contributed by atoms with Gasteiger partial charge in [-0.15, -0.1) is 0 Å². The standard InChI is InChI=1S/C10H14N4O5S/c1-12-8-6-7(14(16)17)2-3-9(8)20(18,19)13-5-4-10(11)15/h2-3,6,12-13H,4-5H2,1H3,(H2,11,15). The van der Waals surface area contributed by atoms with Crippen LogP contribution in [0, 0.1) is 10.1 Å². The Kier molecular flexibility index (Phi) is 5.00. The van der Waals surface area contributed by atoms with Gasteiger partial charge in [-0.1, -0.05) is 0 Å². The van der Waals surface area contributed by atoms with Crippen LogP contribution in [0.25, 0.3) is 0 Å². The molecule has 0 heterocycles. The molecule has 1 aromatic rings. The number of nitro groups is 1. The van der Waals surface area contributed by atoms with Crippen molar-refractivity contribution in [3.63, 3.8) is 0 Å². The largest absolute Gasteiger partial charge is 0.387 e. The van der Waals surface area contributed by atoms with E-state index in [1.54, 1.807) is 0 Å². The molecule has 110 valence electrons. The lowest BCUT2D eigenvalue weighted by Crippen LogP contribution is -2.28. The first-order valence-electron chi connectivity index (χ1n) is 5.52. The Morgan fingerprint density at radius 1 is 1.45 bits per heavy atom. The van der Waals surface area contributed by atoms with E-state index in [9.17, 15) is 23.3 Å².